The van der Waals surface area contributed by atoms with Gasteiger partial charge in [0.25, 0.3) is 0 Å². The van der Waals surface area contributed by atoms with Gasteiger partial charge in [0, 0.05) is 24.3 Å². The second-order valence-corrected chi connectivity index (χ2v) is 6.24. The summed E-state index contributed by atoms with van der Waals surface area (Å²) in [6, 6.07) is 8.35. The first-order chi connectivity index (χ1) is 9.43. The van der Waals surface area contributed by atoms with Gasteiger partial charge in [0.1, 0.15) is 0 Å². The number of fused-ring (bicyclic) bond motifs is 1. The fourth-order valence-electron chi connectivity index (χ4n) is 2.69. The van der Waals surface area contributed by atoms with Crippen molar-refractivity contribution in [1.29, 1.82) is 5.26 Å². The molecule has 3 nitrogen and oxygen atoms in total. The lowest BCUT2D eigenvalue weighted by Crippen LogP contribution is -2.23. The standard InChI is InChI=1S/C17H22N2O/c1-13(20)14-5-6-16-15(11-14)7-10-19(16)9-4-8-17(2,3)12-18/h5-6,11H,4,7-10H2,1-3H3. The van der Waals surface area contributed by atoms with Crippen molar-refractivity contribution in [3.8, 4) is 6.07 Å². The molecule has 0 amide bonds. The predicted octanol–water partition coefficient (Wildman–Crippen LogP) is 3.58. The Labute approximate surface area is 121 Å². The fourth-order valence-corrected chi connectivity index (χ4v) is 2.69. The topological polar surface area (TPSA) is 44.1 Å². The number of nitriles is 1. The van der Waals surface area contributed by atoms with Crippen molar-refractivity contribution in [2.45, 2.75) is 40.0 Å². The number of anilines is 1. The highest BCUT2D eigenvalue weighted by molar-refractivity contribution is 5.94. The lowest BCUT2D eigenvalue weighted by molar-refractivity contribution is 0.101. The summed E-state index contributed by atoms with van der Waals surface area (Å²) in [7, 11) is 0. The molecule has 1 aromatic carbocycles. The Hall–Kier alpha value is -1.82. The van der Waals surface area contributed by atoms with E-state index >= 15 is 0 Å². The number of hydrogen-bond acceptors (Lipinski definition) is 3. The molecular formula is C17H22N2O. The van der Waals surface area contributed by atoms with Crippen LogP contribution in [0.4, 0.5) is 5.69 Å². The second-order valence-electron chi connectivity index (χ2n) is 6.24. The van der Waals surface area contributed by atoms with E-state index in [1.54, 1.807) is 6.92 Å². The van der Waals surface area contributed by atoms with E-state index in [9.17, 15) is 4.79 Å². The van der Waals surface area contributed by atoms with Gasteiger partial charge in [0.05, 0.1) is 11.5 Å². The summed E-state index contributed by atoms with van der Waals surface area (Å²) in [4.78, 5) is 13.8. The van der Waals surface area contributed by atoms with Crippen LogP contribution in [0.5, 0.6) is 0 Å². The molecule has 0 radical (unpaired) electrons. The van der Waals surface area contributed by atoms with Gasteiger partial charge in [-0.15, -0.1) is 0 Å². The summed E-state index contributed by atoms with van der Waals surface area (Å²) in [5.74, 6) is 0.127. The molecule has 0 saturated heterocycles. The van der Waals surface area contributed by atoms with Crippen LogP contribution in [0.15, 0.2) is 18.2 Å². The zero-order chi connectivity index (χ0) is 14.8. The molecule has 106 valence electrons. The van der Waals surface area contributed by atoms with Crippen molar-refractivity contribution in [3.05, 3.63) is 29.3 Å². The smallest absolute Gasteiger partial charge is 0.159 e. The Morgan fingerprint density at radius 2 is 2.20 bits per heavy atom. The van der Waals surface area contributed by atoms with E-state index in [-0.39, 0.29) is 11.2 Å². The largest absolute Gasteiger partial charge is 0.371 e. The van der Waals surface area contributed by atoms with Crippen LogP contribution in [0.2, 0.25) is 0 Å². The van der Waals surface area contributed by atoms with Crippen molar-refractivity contribution in [3.63, 3.8) is 0 Å². The highest BCUT2D eigenvalue weighted by Gasteiger charge is 2.21. The lowest BCUT2D eigenvalue weighted by Gasteiger charge is -2.22. The average Bonchev–Trinajstić information content (AvgIpc) is 2.81. The van der Waals surface area contributed by atoms with Gasteiger partial charge >= 0.3 is 0 Å². The Morgan fingerprint density at radius 3 is 2.85 bits per heavy atom. The molecule has 0 atom stereocenters. The summed E-state index contributed by atoms with van der Waals surface area (Å²) < 4.78 is 0. The van der Waals surface area contributed by atoms with Gasteiger partial charge in [0.2, 0.25) is 0 Å². The van der Waals surface area contributed by atoms with E-state index in [1.165, 1.54) is 11.3 Å². The van der Waals surface area contributed by atoms with Gasteiger partial charge < -0.3 is 4.90 Å². The Kier molecular flexibility index (Phi) is 4.13. The molecule has 1 aliphatic heterocycles. The average molecular weight is 270 g/mol. The van der Waals surface area contributed by atoms with E-state index in [1.807, 2.05) is 26.0 Å². The molecular weight excluding hydrogens is 248 g/mol. The van der Waals surface area contributed by atoms with Gasteiger partial charge in [-0.25, -0.2) is 0 Å². The zero-order valence-corrected chi connectivity index (χ0v) is 12.6. The summed E-state index contributed by atoms with van der Waals surface area (Å²) >= 11 is 0. The molecule has 0 N–H and O–H groups in total. The van der Waals surface area contributed by atoms with E-state index in [4.69, 9.17) is 5.26 Å². The number of hydrogen-bond donors (Lipinski definition) is 0. The van der Waals surface area contributed by atoms with Gasteiger partial charge in [0.15, 0.2) is 5.78 Å². The third-order valence-electron chi connectivity index (χ3n) is 4.01. The number of ketones is 1. The molecule has 1 aliphatic rings. The third kappa shape index (κ3) is 3.19. The zero-order valence-electron chi connectivity index (χ0n) is 12.6. The molecule has 1 heterocycles. The SMILES string of the molecule is CC(=O)c1ccc2c(c1)CCN2CCCC(C)(C)C#N. The summed E-state index contributed by atoms with van der Waals surface area (Å²) in [6.07, 6.45) is 2.95. The van der Waals surface area contributed by atoms with Crippen LogP contribution in [0, 0.1) is 16.7 Å². The quantitative estimate of drug-likeness (QED) is 0.768. The molecule has 0 spiro atoms. The van der Waals surface area contributed by atoms with Gasteiger partial charge in [-0.05, 0) is 63.8 Å². The second kappa shape index (κ2) is 5.66. The number of carbonyl (C=O) groups is 1. The Balaban J connectivity index is 1.99. The molecule has 20 heavy (non-hydrogen) atoms. The van der Waals surface area contributed by atoms with Crippen LogP contribution in [0.3, 0.4) is 0 Å². The minimum absolute atomic E-state index is 0.127. The molecule has 0 fully saturated rings. The Bertz CT molecular complexity index is 555. The van der Waals surface area contributed by atoms with E-state index in [0.29, 0.717) is 0 Å². The maximum Gasteiger partial charge on any atom is 0.159 e. The minimum Gasteiger partial charge on any atom is -0.371 e. The lowest BCUT2D eigenvalue weighted by atomic mass is 9.90. The number of benzene rings is 1. The molecule has 0 aromatic heterocycles. The number of Topliss-reactive ketones (excluding diaryl/α,β-unsaturated/α-hetero) is 1. The molecule has 0 bridgehead atoms. The highest BCUT2D eigenvalue weighted by Crippen LogP contribution is 2.30. The molecule has 0 unspecified atom stereocenters. The Morgan fingerprint density at radius 1 is 1.45 bits per heavy atom. The van der Waals surface area contributed by atoms with Crippen molar-refractivity contribution in [2.24, 2.45) is 5.41 Å². The predicted molar refractivity (Wildman–Crippen MR) is 81.0 cm³/mol. The van der Waals surface area contributed by atoms with E-state index < -0.39 is 0 Å². The third-order valence-corrected chi connectivity index (χ3v) is 4.01. The summed E-state index contributed by atoms with van der Waals surface area (Å²) in [5.41, 5.74) is 3.10. The van der Waals surface area contributed by atoms with Crippen molar-refractivity contribution < 1.29 is 4.79 Å². The molecule has 2 rings (SSSR count). The van der Waals surface area contributed by atoms with Gasteiger partial charge in [-0.3, -0.25) is 4.79 Å². The summed E-state index contributed by atoms with van der Waals surface area (Å²) in [5, 5.41) is 9.03. The van der Waals surface area contributed by atoms with Crippen molar-refractivity contribution in [2.75, 3.05) is 18.0 Å². The van der Waals surface area contributed by atoms with Crippen LogP contribution < -0.4 is 4.90 Å². The van der Waals surface area contributed by atoms with Crippen molar-refractivity contribution >= 4 is 11.5 Å². The number of nitrogens with zero attached hydrogens (tertiary/aromatic N) is 2. The first-order valence-corrected chi connectivity index (χ1v) is 7.23. The fraction of sp³-hybridized carbons (Fsp3) is 0.529. The molecule has 3 heteroatoms. The first kappa shape index (κ1) is 14.6. The van der Waals surface area contributed by atoms with Crippen LogP contribution in [0.25, 0.3) is 0 Å². The minimum atomic E-state index is -0.235. The maximum absolute atomic E-state index is 11.4. The number of rotatable bonds is 5. The van der Waals surface area contributed by atoms with E-state index in [0.717, 1.165) is 37.9 Å². The van der Waals surface area contributed by atoms with Crippen molar-refractivity contribution in [1.82, 2.24) is 0 Å². The normalized spacial score (nSPS) is 14.0. The highest BCUT2D eigenvalue weighted by atomic mass is 16.1. The molecule has 1 aromatic rings. The summed E-state index contributed by atoms with van der Waals surface area (Å²) in [6.45, 7) is 7.59. The van der Waals surface area contributed by atoms with E-state index in [2.05, 4.69) is 17.0 Å². The molecule has 0 saturated carbocycles. The van der Waals surface area contributed by atoms with Gasteiger partial charge in [-0.1, -0.05) is 0 Å². The van der Waals surface area contributed by atoms with Crippen LogP contribution >= 0.6 is 0 Å². The van der Waals surface area contributed by atoms with Crippen LogP contribution in [-0.4, -0.2) is 18.9 Å². The van der Waals surface area contributed by atoms with Gasteiger partial charge in [-0.2, -0.15) is 5.26 Å². The molecule has 0 aliphatic carbocycles. The monoisotopic (exact) mass is 270 g/mol. The maximum atomic E-state index is 11.4. The van der Waals surface area contributed by atoms with Crippen LogP contribution in [0.1, 0.15) is 49.5 Å². The number of carbonyl (C=O) groups excluding carboxylic acids is 1. The van der Waals surface area contributed by atoms with Crippen LogP contribution in [-0.2, 0) is 6.42 Å². The first-order valence-electron chi connectivity index (χ1n) is 7.23.